The van der Waals surface area contributed by atoms with E-state index >= 15 is 0 Å². The lowest BCUT2D eigenvalue weighted by Gasteiger charge is -2.37. The van der Waals surface area contributed by atoms with Crippen LogP contribution in [0.3, 0.4) is 0 Å². The Bertz CT molecular complexity index is 263. The molecule has 0 N–H and O–H groups in total. The van der Waals surface area contributed by atoms with Gasteiger partial charge in [0.05, 0.1) is 12.2 Å². The minimum Gasteiger partial charge on any atom is -0.375 e. The third kappa shape index (κ3) is 3.89. The van der Waals surface area contributed by atoms with Gasteiger partial charge in [0.25, 0.3) is 5.92 Å². The Morgan fingerprint density at radius 1 is 1.11 bits per heavy atom. The number of hydrogen-bond donors (Lipinski definition) is 0. The average Bonchev–Trinajstić information content (AvgIpc) is 2.28. The van der Waals surface area contributed by atoms with E-state index in [9.17, 15) is 8.78 Å². The maximum Gasteiger partial charge on any atom is 0.250 e. The fourth-order valence-electron chi connectivity index (χ4n) is 3.04. The van der Waals surface area contributed by atoms with E-state index < -0.39 is 5.92 Å². The van der Waals surface area contributed by atoms with Crippen LogP contribution in [0.15, 0.2) is 0 Å². The minimum absolute atomic E-state index is 0.0403. The van der Waals surface area contributed by atoms with Crippen LogP contribution in [0.5, 0.6) is 0 Å². The monoisotopic (exact) mass is 261 g/mol. The molecule has 1 atom stereocenters. The largest absolute Gasteiger partial charge is 0.375 e. The summed E-state index contributed by atoms with van der Waals surface area (Å²) >= 11 is 0. The van der Waals surface area contributed by atoms with Crippen molar-refractivity contribution in [3.05, 3.63) is 0 Å². The zero-order valence-electron chi connectivity index (χ0n) is 11.5. The third-order valence-electron chi connectivity index (χ3n) is 4.19. The van der Waals surface area contributed by atoms with Crippen LogP contribution < -0.4 is 0 Å². The highest BCUT2D eigenvalue weighted by Crippen LogP contribution is 2.35. The Kier molecular flexibility index (Phi) is 4.59. The SMILES string of the molecule is CC(C)N1CCC(O[C@H]2CCCC(F)(F)C2)CC1. The zero-order valence-corrected chi connectivity index (χ0v) is 11.5. The fraction of sp³-hybridized carbons (Fsp3) is 1.00. The van der Waals surface area contributed by atoms with Crippen LogP contribution in [0.25, 0.3) is 0 Å². The Labute approximate surface area is 109 Å². The summed E-state index contributed by atoms with van der Waals surface area (Å²) in [5.74, 6) is -2.50. The maximum absolute atomic E-state index is 13.3. The van der Waals surface area contributed by atoms with Crippen molar-refractivity contribution >= 4 is 0 Å². The van der Waals surface area contributed by atoms with E-state index in [0.29, 0.717) is 12.5 Å². The topological polar surface area (TPSA) is 12.5 Å². The summed E-state index contributed by atoms with van der Waals surface area (Å²) in [6.45, 7) is 6.46. The summed E-state index contributed by atoms with van der Waals surface area (Å²) in [6.07, 6.45) is 3.32. The van der Waals surface area contributed by atoms with E-state index in [0.717, 1.165) is 32.4 Å². The van der Waals surface area contributed by atoms with Gasteiger partial charge in [0, 0.05) is 32.0 Å². The second-order valence-corrected chi connectivity index (χ2v) is 6.04. The van der Waals surface area contributed by atoms with Crippen LogP contribution in [-0.2, 0) is 4.74 Å². The van der Waals surface area contributed by atoms with E-state index in [1.807, 2.05) is 0 Å². The lowest BCUT2D eigenvalue weighted by Crippen LogP contribution is -2.43. The minimum atomic E-state index is -2.50. The maximum atomic E-state index is 13.3. The van der Waals surface area contributed by atoms with Gasteiger partial charge in [-0.15, -0.1) is 0 Å². The van der Waals surface area contributed by atoms with E-state index in [1.54, 1.807) is 0 Å². The number of alkyl halides is 2. The van der Waals surface area contributed by atoms with Gasteiger partial charge < -0.3 is 9.64 Å². The Hall–Kier alpha value is -0.220. The van der Waals surface area contributed by atoms with Crippen molar-refractivity contribution in [2.75, 3.05) is 13.1 Å². The van der Waals surface area contributed by atoms with Crippen LogP contribution in [0.1, 0.15) is 52.4 Å². The van der Waals surface area contributed by atoms with Gasteiger partial charge in [0.1, 0.15) is 0 Å². The van der Waals surface area contributed by atoms with Crippen molar-refractivity contribution in [3.63, 3.8) is 0 Å². The van der Waals surface area contributed by atoms with Crippen molar-refractivity contribution in [1.82, 2.24) is 4.90 Å². The number of hydrogen-bond acceptors (Lipinski definition) is 2. The van der Waals surface area contributed by atoms with Gasteiger partial charge in [-0.2, -0.15) is 0 Å². The first-order chi connectivity index (χ1) is 8.46. The van der Waals surface area contributed by atoms with Gasteiger partial charge in [-0.25, -0.2) is 8.78 Å². The molecule has 2 rings (SSSR count). The molecule has 2 fully saturated rings. The number of halogens is 2. The molecule has 0 aromatic heterocycles. The lowest BCUT2D eigenvalue weighted by molar-refractivity contribution is -0.124. The first kappa shape index (κ1) is 14.2. The summed E-state index contributed by atoms with van der Waals surface area (Å²) in [5, 5.41) is 0. The van der Waals surface area contributed by atoms with E-state index in [2.05, 4.69) is 18.7 Å². The predicted molar refractivity (Wildman–Crippen MR) is 68.0 cm³/mol. The second-order valence-electron chi connectivity index (χ2n) is 6.04. The molecule has 0 amide bonds. The van der Waals surface area contributed by atoms with Crippen LogP contribution in [0, 0.1) is 0 Å². The van der Waals surface area contributed by atoms with E-state index in [1.165, 1.54) is 0 Å². The summed E-state index contributed by atoms with van der Waals surface area (Å²) < 4.78 is 32.5. The molecule has 1 aliphatic heterocycles. The predicted octanol–water partition coefficient (Wildman–Crippen LogP) is 3.45. The van der Waals surface area contributed by atoms with E-state index in [-0.39, 0.29) is 25.0 Å². The molecule has 1 saturated carbocycles. The summed E-state index contributed by atoms with van der Waals surface area (Å²) in [7, 11) is 0. The molecule has 0 unspecified atom stereocenters. The number of rotatable bonds is 3. The van der Waals surface area contributed by atoms with Gasteiger partial charge in [-0.1, -0.05) is 0 Å². The average molecular weight is 261 g/mol. The molecule has 18 heavy (non-hydrogen) atoms. The number of nitrogens with zero attached hydrogens (tertiary/aromatic N) is 1. The van der Waals surface area contributed by atoms with Crippen molar-refractivity contribution in [2.45, 2.75) is 76.5 Å². The first-order valence-corrected chi connectivity index (χ1v) is 7.23. The van der Waals surface area contributed by atoms with Gasteiger partial charge in [0.2, 0.25) is 0 Å². The smallest absolute Gasteiger partial charge is 0.250 e. The van der Waals surface area contributed by atoms with Crippen LogP contribution in [0.4, 0.5) is 8.78 Å². The third-order valence-corrected chi connectivity index (χ3v) is 4.19. The molecule has 4 heteroatoms. The molecule has 0 aromatic rings. The highest BCUT2D eigenvalue weighted by molar-refractivity contribution is 4.81. The standard InChI is InChI=1S/C14H25F2NO/c1-11(2)17-8-5-12(6-9-17)18-13-4-3-7-14(15,16)10-13/h11-13H,3-10H2,1-2H3/t13-/m0/s1. The van der Waals surface area contributed by atoms with Gasteiger partial charge in [0.15, 0.2) is 0 Å². The van der Waals surface area contributed by atoms with Gasteiger partial charge >= 0.3 is 0 Å². The molecule has 106 valence electrons. The molecule has 0 spiro atoms. The van der Waals surface area contributed by atoms with Gasteiger partial charge in [-0.05, 0) is 39.5 Å². The molecule has 0 bridgehead atoms. The molecule has 1 saturated heterocycles. The quantitative estimate of drug-likeness (QED) is 0.771. The highest BCUT2D eigenvalue weighted by atomic mass is 19.3. The number of ether oxygens (including phenoxy) is 1. The van der Waals surface area contributed by atoms with Crippen LogP contribution in [-0.4, -0.2) is 42.2 Å². The molecular formula is C14H25F2NO. The lowest BCUT2D eigenvalue weighted by atomic mass is 9.93. The normalized spacial score (nSPS) is 30.8. The summed E-state index contributed by atoms with van der Waals surface area (Å²) in [4.78, 5) is 2.43. The highest BCUT2D eigenvalue weighted by Gasteiger charge is 2.38. The van der Waals surface area contributed by atoms with Crippen molar-refractivity contribution in [2.24, 2.45) is 0 Å². The van der Waals surface area contributed by atoms with Crippen LogP contribution in [0.2, 0.25) is 0 Å². The fourth-order valence-corrected chi connectivity index (χ4v) is 3.04. The first-order valence-electron chi connectivity index (χ1n) is 7.23. The number of likely N-dealkylation sites (tertiary alicyclic amines) is 1. The Morgan fingerprint density at radius 3 is 2.33 bits per heavy atom. The Balaban J connectivity index is 1.74. The van der Waals surface area contributed by atoms with Gasteiger partial charge in [-0.3, -0.25) is 0 Å². The molecule has 1 aliphatic carbocycles. The molecular weight excluding hydrogens is 236 g/mol. The molecule has 2 nitrogen and oxygen atoms in total. The molecule has 2 aliphatic rings. The summed E-state index contributed by atoms with van der Waals surface area (Å²) in [5.41, 5.74) is 0. The van der Waals surface area contributed by atoms with Crippen molar-refractivity contribution < 1.29 is 13.5 Å². The van der Waals surface area contributed by atoms with Crippen molar-refractivity contribution in [1.29, 1.82) is 0 Å². The number of piperidine rings is 1. The van der Waals surface area contributed by atoms with E-state index in [4.69, 9.17) is 4.74 Å². The van der Waals surface area contributed by atoms with Crippen molar-refractivity contribution in [3.8, 4) is 0 Å². The van der Waals surface area contributed by atoms with Crippen LogP contribution >= 0.6 is 0 Å². The Morgan fingerprint density at radius 2 is 1.78 bits per heavy atom. The zero-order chi connectivity index (χ0) is 13.2. The molecule has 0 radical (unpaired) electrons. The second kappa shape index (κ2) is 5.83. The summed E-state index contributed by atoms with van der Waals surface area (Å²) in [6, 6.07) is 0.574. The molecule has 1 heterocycles. The molecule has 0 aromatic carbocycles.